The molecule has 4 aliphatic carbocycles. The summed E-state index contributed by atoms with van der Waals surface area (Å²) in [5, 5.41) is 43.5. The Bertz CT molecular complexity index is 953. The first kappa shape index (κ1) is 28.3. The van der Waals surface area contributed by atoms with Crippen LogP contribution in [0.15, 0.2) is 0 Å². The fraction of sp³-hybridized carbons (Fsp3) is 0.963. The first-order chi connectivity index (χ1) is 16.5. The number of hydrogen-bond acceptors (Lipinski definition) is 7. The highest BCUT2D eigenvalue weighted by Gasteiger charge is 2.66. The van der Waals surface area contributed by atoms with Crippen molar-refractivity contribution in [1.29, 1.82) is 0 Å². The molecule has 9 heteroatoms. The summed E-state index contributed by atoms with van der Waals surface area (Å²) in [5.41, 5.74) is -1.65. The number of aliphatic hydroxyl groups excluding tert-OH is 2. The van der Waals surface area contributed by atoms with Crippen LogP contribution in [0.3, 0.4) is 0 Å². The van der Waals surface area contributed by atoms with Gasteiger partial charge >= 0.3 is 5.97 Å². The van der Waals surface area contributed by atoms with E-state index in [9.17, 15) is 28.5 Å². The molecule has 8 nitrogen and oxygen atoms in total. The van der Waals surface area contributed by atoms with Gasteiger partial charge in [0.2, 0.25) is 0 Å². The number of rotatable bonds is 7. The zero-order chi connectivity index (χ0) is 26.8. The summed E-state index contributed by atoms with van der Waals surface area (Å²) < 4.78 is 29.5. The average molecular weight is 531 g/mol. The van der Waals surface area contributed by atoms with Crippen LogP contribution in [0.1, 0.15) is 85.5 Å². The second-order valence-corrected chi connectivity index (χ2v) is 15.5. The predicted octanol–water partition coefficient (Wildman–Crippen LogP) is 3.18. The van der Waals surface area contributed by atoms with Crippen LogP contribution in [0.2, 0.25) is 0 Å². The Balaban J connectivity index is 1.56. The Labute approximate surface area is 215 Å². The molecule has 4 N–H and O–H groups in total. The van der Waals surface area contributed by atoms with Crippen LogP contribution >= 0.6 is 0 Å². The van der Waals surface area contributed by atoms with Crippen LogP contribution in [-0.4, -0.2) is 64.5 Å². The summed E-state index contributed by atoms with van der Waals surface area (Å²) in [6.45, 7) is 7.93. The molecular formula is C27H46O8S. The topological polar surface area (TPSA) is 141 Å². The summed E-state index contributed by atoms with van der Waals surface area (Å²) in [5.74, 6) is -1.65. The van der Waals surface area contributed by atoms with Crippen LogP contribution in [0.5, 0.6) is 0 Å². The SMILES string of the molecule is CC(CCC(=O)O)C1CCC2C3C(O)CC4CC(O)(OC(C)S(C)(=O)=O)CCC4(C)C3CC(O)C12C. The molecule has 4 saturated carbocycles. The van der Waals surface area contributed by atoms with Gasteiger partial charge in [0.1, 0.15) is 0 Å². The molecule has 4 fully saturated rings. The number of aliphatic carboxylic acids is 1. The highest BCUT2D eigenvalue weighted by atomic mass is 32.2. The van der Waals surface area contributed by atoms with Crippen molar-refractivity contribution in [2.75, 3.05) is 6.26 Å². The molecule has 36 heavy (non-hydrogen) atoms. The van der Waals surface area contributed by atoms with Gasteiger partial charge in [-0.25, -0.2) is 8.42 Å². The van der Waals surface area contributed by atoms with Gasteiger partial charge in [0, 0.05) is 25.5 Å². The van der Waals surface area contributed by atoms with Crippen LogP contribution < -0.4 is 0 Å². The van der Waals surface area contributed by atoms with E-state index in [1.807, 2.05) is 0 Å². The zero-order valence-electron chi connectivity index (χ0n) is 22.4. The Morgan fingerprint density at radius 3 is 2.36 bits per heavy atom. The van der Waals surface area contributed by atoms with Gasteiger partial charge in [-0.15, -0.1) is 0 Å². The number of ether oxygens (including phenoxy) is 1. The normalized spacial score (nSPS) is 48.4. The molecule has 0 heterocycles. The molecule has 4 rings (SSSR count). The second-order valence-electron chi connectivity index (χ2n) is 13.2. The van der Waals surface area contributed by atoms with Crippen molar-refractivity contribution < 1.29 is 38.4 Å². The van der Waals surface area contributed by atoms with Crippen molar-refractivity contribution in [2.45, 2.75) is 109 Å². The lowest BCUT2D eigenvalue weighted by molar-refractivity contribution is -0.277. The van der Waals surface area contributed by atoms with Crippen LogP contribution in [-0.2, 0) is 19.4 Å². The summed E-state index contributed by atoms with van der Waals surface area (Å²) in [6.07, 6.45) is 4.94. The van der Waals surface area contributed by atoms with E-state index in [2.05, 4.69) is 20.8 Å². The third-order valence-electron chi connectivity index (χ3n) is 11.4. The second kappa shape index (κ2) is 9.47. The molecule has 0 bridgehead atoms. The van der Waals surface area contributed by atoms with Crippen molar-refractivity contribution in [3.63, 3.8) is 0 Å². The smallest absolute Gasteiger partial charge is 0.303 e. The fourth-order valence-electron chi connectivity index (χ4n) is 9.17. The summed E-state index contributed by atoms with van der Waals surface area (Å²) in [4.78, 5) is 11.2. The van der Waals surface area contributed by atoms with Gasteiger partial charge in [-0.05, 0) is 91.8 Å². The number of carboxylic acids is 1. The Morgan fingerprint density at radius 1 is 1.08 bits per heavy atom. The average Bonchev–Trinajstić information content (AvgIpc) is 3.12. The van der Waals surface area contributed by atoms with Crippen LogP contribution in [0.25, 0.3) is 0 Å². The van der Waals surface area contributed by atoms with Crippen molar-refractivity contribution in [3.05, 3.63) is 0 Å². The van der Waals surface area contributed by atoms with E-state index in [4.69, 9.17) is 9.84 Å². The van der Waals surface area contributed by atoms with E-state index in [-0.39, 0.29) is 59.2 Å². The van der Waals surface area contributed by atoms with Crippen LogP contribution in [0, 0.1) is 46.3 Å². The summed E-state index contributed by atoms with van der Waals surface area (Å²) in [7, 11) is -3.46. The molecular weight excluding hydrogens is 484 g/mol. The number of carboxylic acid groups (broad SMARTS) is 1. The van der Waals surface area contributed by atoms with Gasteiger partial charge in [0.25, 0.3) is 0 Å². The van der Waals surface area contributed by atoms with Crippen molar-refractivity contribution in [3.8, 4) is 0 Å². The fourth-order valence-corrected chi connectivity index (χ4v) is 9.52. The van der Waals surface area contributed by atoms with E-state index < -0.39 is 39.2 Å². The van der Waals surface area contributed by atoms with E-state index in [0.717, 1.165) is 19.1 Å². The van der Waals surface area contributed by atoms with Gasteiger partial charge in [0.15, 0.2) is 21.1 Å². The molecule has 12 unspecified atom stereocenters. The number of carbonyl (C=O) groups is 1. The molecule has 12 atom stereocenters. The maximum atomic E-state index is 11.9. The molecule has 0 radical (unpaired) electrons. The standard InChI is InChI=1S/C27H46O8S/c1-15(6-9-23(30)31)18-7-8-19-24-20(13-22(29)26(18,19)4)25(3)10-11-27(32,14-17(25)12-21(24)28)35-16(2)36(5,33)34/h15-22,24,28-29,32H,6-14H2,1-5H3,(H,30,31). The maximum Gasteiger partial charge on any atom is 0.303 e. The van der Waals surface area contributed by atoms with Gasteiger partial charge in [-0.3, -0.25) is 4.79 Å². The van der Waals surface area contributed by atoms with E-state index in [1.165, 1.54) is 6.92 Å². The molecule has 4 aliphatic rings. The van der Waals surface area contributed by atoms with E-state index >= 15 is 0 Å². The van der Waals surface area contributed by atoms with Gasteiger partial charge in [-0.2, -0.15) is 0 Å². The third kappa shape index (κ3) is 4.65. The third-order valence-corrected chi connectivity index (χ3v) is 12.7. The van der Waals surface area contributed by atoms with Crippen molar-refractivity contribution >= 4 is 15.8 Å². The van der Waals surface area contributed by atoms with Crippen LogP contribution in [0.4, 0.5) is 0 Å². The molecule has 0 aliphatic heterocycles. The van der Waals surface area contributed by atoms with Crippen molar-refractivity contribution in [1.82, 2.24) is 0 Å². The first-order valence-corrected chi connectivity index (χ1v) is 15.7. The van der Waals surface area contributed by atoms with E-state index in [1.54, 1.807) is 0 Å². The highest BCUT2D eigenvalue weighted by molar-refractivity contribution is 7.91. The lowest BCUT2D eigenvalue weighted by atomic mass is 9.43. The van der Waals surface area contributed by atoms with Gasteiger partial charge in [-0.1, -0.05) is 20.8 Å². The van der Waals surface area contributed by atoms with E-state index in [0.29, 0.717) is 32.1 Å². The minimum absolute atomic E-state index is 0.0393. The molecule has 0 aromatic heterocycles. The monoisotopic (exact) mass is 530 g/mol. The first-order valence-electron chi connectivity index (χ1n) is 13.7. The number of hydrogen-bond donors (Lipinski definition) is 4. The highest BCUT2D eigenvalue weighted by Crippen LogP contribution is 2.69. The Hall–Kier alpha value is -0.740. The predicted molar refractivity (Wildman–Crippen MR) is 134 cm³/mol. The molecule has 0 amide bonds. The summed E-state index contributed by atoms with van der Waals surface area (Å²) in [6, 6.07) is 0. The lowest BCUT2D eigenvalue weighted by Crippen LogP contribution is -2.63. The number of fused-ring (bicyclic) bond motifs is 5. The molecule has 0 saturated heterocycles. The van der Waals surface area contributed by atoms with Gasteiger partial charge in [0.05, 0.1) is 12.2 Å². The quantitative estimate of drug-likeness (QED) is 0.368. The largest absolute Gasteiger partial charge is 0.481 e. The maximum absolute atomic E-state index is 11.9. The molecule has 0 spiro atoms. The van der Waals surface area contributed by atoms with Crippen molar-refractivity contribution in [2.24, 2.45) is 46.3 Å². The molecule has 208 valence electrons. The summed E-state index contributed by atoms with van der Waals surface area (Å²) >= 11 is 0. The zero-order valence-corrected chi connectivity index (χ0v) is 23.2. The molecule has 0 aromatic rings. The number of sulfone groups is 1. The number of aliphatic hydroxyl groups is 3. The minimum Gasteiger partial charge on any atom is -0.481 e. The Kier molecular flexibility index (Phi) is 7.44. The lowest BCUT2D eigenvalue weighted by Gasteiger charge is -2.64. The van der Waals surface area contributed by atoms with Gasteiger partial charge < -0.3 is 25.2 Å². The minimum atomic E-state index is -3.46. The Morgan fingerprint density at radius 2 is 1.75 bits per heavy atom. The molecule has 0 aromatic carbocycles.